The van der Waals surface area contributed by atoms with Gasteiger partial charge in [0.25, 0.3) is 0 Å². The molecule has 122 valence electrons. The van der Waals surface area contributed by atoms with Gasteiger partial charge in [-0.1, -0.05) is 30.8 Å². The Kier molecular flexibility index (Phi) is 5.83. The number of aryl methyl sites for hydroxylation is 3. The van der Waals surface area contributed by atoms with Crippen LogP contribution in [0.15, 0.2) is 35.2 Å². The van der Waals surface area contributed by atoms with Gasteiger partial charge in [0.15, 0.2) is 5.12 Å². The zero-order chi connectivity index (χ0) is 17.0. The van der Waals surface area contributed by atoms with Crippen molar-refractivity contribution < 1.29 is 13.9 Å². The third kappa shape index (κ3) is 4.35. The van der Waals surface area contributed by atoms with E-state index in [0.29, 0.717) is 10.5 Å². The summed E-state index contributed by atoms with van der Waals surface area (Å²) in [5, 5.41) is -0.0730. The fraction of sp³-hybridized carbons (Fsp3) is 0.316. The Morgan fingerprint density at radius 1 is 1.22 bits per heavy atom. The third-order valence-electron chi connectivity index (χ3n) is 3.72. The predicted octanol–water partition coefficient (Wildman–Crippen LogP) is 5.22. The molecule has 0 fully saturated rings. The molecule has 2 nitrogen and oxygen atoms in total. The number of rotatable bonds is 5. The van der Waals surface area contributed by atoms with Crippen molar-refractivity contribution >= 4 is 16.9 Å². The average molecular weight is 332 g/mol. The van der Waals surface area contributed by atoms with Crippen LogP contribution in [0.25, 0.3) is 0 Å². The van der Waals surface area contributed by atoms with E-state index < -0.39 is 0 Å². The van der Waals surface area contributed by atoms with E-state index in [2.05, 4.69) is 13.0 Å². The van der Waals surface area contributed by atoms with Gasteiger partial charge in [0, 0.05) is 17.4 Å². The summed E-state index contributed by atoms with van der Waals surface area (Å²) < 4.78 is 19.9. The number of ether oxygens (including phenoxy) is 1. The summed E-state index contributed by atoms with van der Waals surface area (Å²) in [6, 6.07) is 8.84. The van der Waals surface area contributed by atoms with E-state index in [1.54, 1.807) is 12.1 Å². The standard InChI is InChI=1S/C19H21FO2S/c1-5-15-9-13(3)18(10-12(15)2)22-11-16-17(20)7-6-8-19(16)23-14(4)21/h6-10H,5,11H2,1-4H3. The highest BCUT2D eigenvalue weighted by atomic mass is 32.2. The molecule has 23 heavy (non-hydrogen) atoms. The Morgan fingerprint density at radius 2 is 1.96 bits per heavy atom. The molecular formula is C19H21FO2S. The van der Waals surface area contributed by atoms with Crippen LogP contribution in [0.2, 0.25) is 0 Å². The number of thioether (sulfide) groups is 1. The van der Waals surface area contributed by atoms with Crippen LogP contribution in [-0.4, -0.2) is 5.12 Å². The number of carbonyl (C=O) groups excluding carboxylic acids is 1. The molecule has 2 aromatic carbocycles. The first kappa shape index (κ1) is 17.5. The lowest BCUT2D eigenvalue weighted by Crippen LogP contribution is -2.03. The molecule has 0 bridgehead atoms. The Hall–Kier alpha value is -1.81. The number of hydrogen-bond acceptors (Lipinski definition) is 3. The summed E-state index contributed by atoms with van der Waals surface area (Å²) in [4.78, 5) is 11.9. The van der Waals surface area contributed by atoms with E-state index >= 15 is 0 Å². The highest BCUT2D eigenvalue weighted by Crippen LogP contribution is 2.29. The maximum absolute atomic E-state index is 14.1. The molecular weight excluding hydrogens is 311 g/mol. The monoisotopic (exact) mass is 332 g/mol. The summed E-state index contributed by atoms with van der Waals surface area (Å²) in [5.74, 6) is 0.400. The van der Waals surface area contributed by atoms with Gasteiger partial charge in [-0.2, -0.15) is 0 Å². The molecule has 2 rings (SSSR count). The molecule has 0 spiro atoms. The Bertz CT molecular complexity index is 726. The van der Waals surface area contributed by atoms with Crippen LogP contribution in [0.5, 0.6) is 5.75 Å². The number of benzene rings is 2. The highest BCUT2D eigenvalue weighted by Gasteiger charge is 2.13. The van der Waals surface area contributed by atoms with Crippen molar-refractivity contribution in [2.24, 2.45) is 0 Å². The number of halogens is 1. The van der Waals surface area contributed by atoms with E-state index in [4.69, 9.17) is 4.74 Å². The lowest BCUT2D eigenvalue weighted by molar-refractivity contribution is -0.109. The number of hydrogen-bond donors (Lipinski definition) is 0. The van der Waals surface area contributed by atoms with Gasteiger partial charge in [0.1, 0.15) is 18.2 Å². The summed E-state index contributed by atoms with van der Waals surface area (Å²) in [7, 11) is 0. The largest absolute Gasteiger partial charge is 0.488 e. The van der Waals surface area contributed by atoms with Gasteiger partial charge in [-0.3, -0.25) is 4.79 Å². The van der Waals surface area contributed by atoms with Gasteiger partial charge in [0.2, 0.25) is 0 Å². The van der Waals surface area contributed by atoms with Crippen molar-refractivity contribution in [2.45, 2.75) is 45.6 Å². The van der Waals surface area contributed by atoms with Crippen molar-refractivity contribution in [3.63, 3.8) is 0 Å². The maximum Gasteiger partial charge on any atom is 0.190 e. The van der Waals surface area contributed by atoms with Crippen molar-refractivity contribution in [1.82, 2.24) is 0 Å². The van der Waals surface area contributed by atoms with Crippen LogP contribution >= 0.6 is 11.8 Å². The van der Waals surface area contributed by atoms with Crippen LogP contribution in [0.4, 0.5) is 4.39 Å². The van der Waals surface area contributed by atoms with Gasteiger partial charge in [0.05, 0.1) is 0 Å². The summed E-state index contributed by atoms with van der Waals surface area (Å²) >= 11 is 1.03. The van der Waals surface area contributed by atoms with Gasteiger partial charge in [-0.15, -0.1) is 0 Å². The molecule has 0 aliphatic heterocycles. The fourth-order valence-corrected chi connectivity index (χ4v) is 3.20. The van der Waals surface area contributed by atoms with Gasteiger partial charge in [-0.05, 0) is 55.2 Å². The molecule has 0 atom stereocenters. The van der Waals surface area contributed by atoms with E-state index in [0.717, 1.165) is 29.5 Å². The summed E-state index contributed by atoms with van der Waals surface area (Å²) in [6.07, 6.45) is 0.972. The average Bonchev–Trinajstić information content (AvgIpc) is 2.49. The van der Waals surface area contributed by atoms with Crippen LogP contribution in [-0.2, 0) is 17.8 Å². The molecule has 0 amide bonds. The van der Waals surface area contributed by atoms with Gasteiger partial charge in [-0.25, -0.2) is 4.39 Å². The Morgan fingerprint density at radius 3 is 2.61 bits per heavy atom. The molecule has 0 aromatic heterocycles. The predicted molar refractivity (Wildman–Crippen MR) is 92.6 cm³/mol. The SMILES string of the molecule is CCc1cc(C)c(OCc2c(F)cccc2SC(C)=O)cc1C. The smallest absolute Gasteiger partial charge is 0.190 e. The van der Waals surface area contributed by atoms with E-state index in [-0.39, 0.29) is 17.5 Å². The molecule has 0 saturated heterocycles. The lowest BCUT2D eigenvalue weighted by Gasteiger charge is -2.14. The maximum atomic E-state index is 14.1. The molecule has 0 N–H and O–H groups in total. The van der Waals surface area contributed by atoms with E-state index in [1.165, 1.54) is 24.1 Å². The summed E-state index contributed by atoms with van der Waals surface area (Å²) in [5.41, 5.74) is 3.91. The number of carbonyl (C=O) groups is 1. The van der Waals surface area contributed by atoms with Crippen LogP contribution in [0.3, 0.4) is 0 Å². The zero-order valence-corrected chi connectivity index (χ0v) is 14.7. The highest BCUT2D eigenvalue weighted by molar-refractivity contribution is 8.13. The first-order valence-corrected chi connectivity index (χ1v) is 8.42. The fourth-order valence-electron chi connectivity index (χ4n) is 2.47. The van der Waals surface area contributed by atoms with Crippen LogP contribution < -0.4 is 4.74 Å². The van der Waals surface area contributed by atoms with Crippen molar-refractivity contribution in [1.29, 1.82) is 0 Å². The van der Waals surface area contributed by atoms with Crippen molar-refractivity contribution in [3.05, 3.63) is 58.4 Å². The Balaban J connectivity index is 2.24. The topological polar surface area (TPSA) is 26.3 Å². The second-order valence-electron chi connectivity index (χ2n) is 5.50. The van der Waals surface area contributed by atoms with Crippen LogP contribution in [0.1, 0.15) is 36.1 Å². The van der Waals surface area contributed by atoms with Gasteiger partial charge >= 0.3 is 0 Å². The third-order valence-corrected chi connectivity index (χ3v) is 4.61. The van der Waals surface area contributed by atoms with Crippen LogP contribution in [0, 0.1) is 19.7 Å². The minimum atomic E-state index is -0.351. The molecule has 0 aliphatic rings. The molecule has 0 unspecified atom stereocenters. The molecule has 0 saturated carbocycles. The quantitative estimate of drug-likeness (QED) is 0.702. The van der Waals surface area contributed by atoms with Crippen molar-refractivity contribution in [2.75, 3.05) is 0 Å². The molecule has 0 aliphatic carbocycles. The molecule has 2 aromatic rings. The van der Waals surface area contributed by atoms with Crippen molar-refractivity contribution in [3.8, 4) is 5.75 Å². The molecule has 0 radical (unpaired) electrons. The lowest BCUT2D eigenvalue weighted by atomic mass is 10.0. The Labute approximate surface area is 141 Å². The first-order valence-electron chi connectivity index (χ1n) is 7.61. The minimum absolute atomic E-state index is 0.0730. The second kappa shape index (κ2) is 7.64. The normalized spacial score (nSPS) is 10.7. The molecule has 4 heteroatoms. The van der Waals surface area contributed by atoms with Gasteiger partial charge < -0.3 is 4.74 Å². The molecule has 0 heterocycles. The zero-order valence-electron chi connectivity index (χ0n) is 13.9. The van der Waals surface area contributed by atoms with E-state index in [9.17, 15) is 9.18 Å². The second-order valence-corrected chi connectivity index (χ2v) is 6.72. The first-order chi connectivity index (χ1) is 10.9. The van der Waals surface area contributed by atoms with E-state index in [1.807, 2.05) is 19.9 Å². The summed E-state index contributed by atoms with van der Waals surface area (Å²) in [6.45, 7) is 7.73. The minimum Gasteiger partial charge on any atom is -0.488 e.